The van der Waals surface area contributed by atoms with E-state index in [4.69, 9.17) is 0 Å². The van der Waals surface area contributed by atoms with Crippen LogP contribution in [0.2, 0.25) is 0 Å². The number of carbonyl (C=O) groups is 2. The largest absolute Gasteiger partial charge is 0.480 e. The van der Waals surface area contributed by atoms with Crippen molar-refractivity contribution in [2.24, 2.45) is 11.8 Å². The zero-order valence-corrected chi connectivity index (χ0v) is 11.4. The van der Waals surface area contributed by atoms with Gasteiger partial charge >= 0.3 is 5.97 Å². The Morgan fingerprint density at radius 1 is 1.11 bits per heavy atom. The molecule has 2 fully saturated rings. The first-order chi connectivity index (χ1) is 9.18. The van der Waals surface area contributed by atoms with Crippen molar-refractivity contribution in [3.63, 3.8) is 0 Å². The molecule has 5 nitrogen and oxygen atoms in total. The lowest BCUT2D eigenvalue weighted by atomic mass is 9.83. The standard InChI is InChI=1S/C14H24N2O3/c17-13(11-7-4-8-15-9-11)16-12(14(18)19)10-5-2-1-3-6-10/h10-12,15H,1-9H2,(H,16,17)(H,18,19). The summed E-state index contributed by atoms with van der Waals surface area (Å²) >= 11 is 0. The van der Waals surface area contributed by atoms with E-state index in [1.807, 2.05) is 0 Å². The van der Waals surface area contributed by atoms with Crippen LogP contribution in [-0.4, -0.2) is 36.1 Å². The molecule has 0 bridgehead atoms. The second-order valence-electron chi connectivity index (χ2n) is 5.77. The summed E-state index contributed by atoms with van der Waals surface area (Å²) in [7, 11) is 0. The smallest absolute Gasteiger partial charge is 0.326 e. The lowest BCUT2D eigenvalue weighted by Gasteiger charge is -2.30. The summed E-state index contributed by atoms with van der Waals surface area (Å²) in [5, 5.41) is 15.3. The molecule has 3 N–H and O–H groups in total. The molecule has 2 unspecified atom stereocenters. The minimum Gasteiger partial charge on any atom is -0.480 e. The highest BCUT2D eigenvalue weighted by molar-refractivity contribution is 5.85. The van der Waals surface area contributed by atoms with E-state index in [2.05, 4.69) is 10.6 Å². The van der Waals surface area contributed by atoms with Crippen molar-refractivity contribution in [2.45, 2.75) is 51.0 Å². The van der Waals surface area contributed by atoms with Gasteiger partial charge < -0.3 is 15.7 Å². The highest BCUT2D eigenvalue weighted by atomic mass is 16.4. The second-order valence-corrected chi connectivity index (χ2v) is 5.77. The number of nitrogens with one attached hydrogen (secondary N) is 2. The number of hydrogen-bond acceptors (Lipinski definition) is 3. The van der Waals surface area contributed by atoms with Crippen LogP contribution in [0, 0.1) is 11.8 Å². The lowest BCUT2D eigenvalue weighted by molar-refractivity contribution is -0.144. The molecule has 0 aromatic heterocycles. The average molecular weight is 268 g/mol. The molecule has 2 aliphatic rings. The molecule has 1 heterocycles. The number of carboxylic acids is 1. The molecular formula is C14H24N2O3. The van der Waals surface area contributed by atoms with Gasteiger partial charge in [-0.1, -0.05) is 19.3 Å². The van der Waals surface area contributed by atoms with Crippen LogP contribution >= 0.6 is 0 Å². The zero-order valence-electron chi connectivity index (χ0n) is 11.4. The first-order valence-electron chi connectivity index (χ1n) is 7.42. The monoisotopic (exact) mass is 268 g/mol. The Hall–Kier alpha value is -1.10. The van der Waals surface area contributed by atoms with E-state index < -0.39 is 12.0 Å². The molecule has 1 saturated heterocycles. The maximum atomic E-state index is 12.1. The summed E-state index contributed by atoms with van der Waals surface area (Å²) in [5.74, 6) is -0.944. The van der Waals surface area contributed by atoms with Crippen molar-refractivity contribution >= 4 is 11.9 Å². The summed E-state index contributed by atoms with van der Waals surface area (Å²) in [4.78, 5) is 23.5. The molecule has 108 valence electrons. The van der Waals surface area contributed by atoms with Gasteiger partial charge in [-0.15, -0.1) is 0 Å². The van der Waals surface area contributed by atoms with Crippen LogP contribution in [0.25, 0.3) is 0 Å². The number of carbonyl (C=O) groups excluding carboxylic acids is 1. The van der Waals surface area contributed by atoms with Gasteiger partial charge in [0.25, 0.3) is 0 Å². The molecule has 0 aromatic rings. The fraction of sp³-hybridized carbons (Fsp3) is 0.857. The summed E-state index contributed by atoms with van der Waals surface area (Å²) in [5.41, 5.74) is 0. The van der Waals surface area contributed by atoms with Crippen molar-refractivity contribution in [1.82, 2.24) is 10.6 Å². The molecule has 1 aliphatic heterocycles. The molecule has 2 atom stereocenters. The number of carboxylic acid groups (broad SMARTS) is 1. The van der Waals surface area contributed by atoms with E-state index in [1.54, 1.807) is 0 Å². The number of hydrogen-bond donors (Lipinski definition) is 3. The van der Waals surface area contributed by atoms with Crippen molar-refractivity contribution in [1.29, 1.82) is 0 Å². The topological polar surface area (TPSA) is 78.4 Å². The van der Waals surface area contributed by atoms with Crippen molar-refractivity contribution in [2.75, 3.05) is 13.1 Å². The third kappa shape index (κ3) is 3.93. The third-order valence-corrected chi connectivity index (χ3v) is 4.35. The van der Waals surface area contributed by atoms with Gasteiger partial charge in [0.15, 0.2) is 0 Å². The molecule has 1 aliphatic carbocycles. The Bertz CT molecular complexity index is 321. The molecular weight excluding hydrogens is 244 g/mol. The number of rotatable bonds is 4. The molecule has 2 rings (SSSR count). The van der Waals surface area contributed by atoms with Gasteiger partial charge in [0.05, 0.1) is 5.92 Å². The fourth-order valence-electron chi connectivity index (χ4n) is 3.20. The Balaban J connectivity index is 1.91. The van der Waals surface area contributed by atoms with Crippen LogP contribution in [0.5, 0.6) is 0 Å². The molecule has 0 aromatic carbocycles. The van der Waals surface area contributed by atoms with Gasteiger partial charge in [-0.2, -0.15) is 0 Å². The van der Waals surface area contributed by atoms with E-state index in [0.717, 1.165) is 45.1 Å². The first-order valence-corrected chi connectivity index (χ1v) is 7.42. The van der Waals surface area contributed by atoms with E-state index in [9.17, 15) is 14.7 Å². The summed E-state index contributed by atoms with van der Waals surface area (Å²) in [6, 6.07) is -0.699. The SMILES string of the molecule is O=C(NC(C(=O)O)C1CCCCC1)C1CCCNC1. The van der Waals surface area contributed by atoms with Crippen LogP contribution in [0.15, 0.2) is 0 Å². The van der Waals surface area contributed by atoms with Crippen LogP contribution in [0.1, 0.15) is 44.9 Å². The van der Waals surface area contributed by atoms with Gasteiger partial charge in [-0.05, 0) is 38.1 Å². The predicted octanol–water partition coefficient (Wildman–Crippen LogP) is 1.14. The van der Waals surface area contributed by atoms with Gasteiger partial charge in [-0.3, -0.25) is 4.79 Å². The van der Waals surface area contributed by atoms with Gasteiger partial charge in [-0.25, -0.2) is 4.79 Å². The molecule has 0 spiro atoms. The molecule has 5 heteroatoms. The summed E-state index contributed by atoms with van der Waals surface area (Å²) in [6.45, 7) is 1.62. The van der Waals surface area contributed by atoms with Gasteiger partial charge in [0.1, 0.15) is 6.04 Å². The third-order valence-electron chi connectivity index (χ3n) is 4.35. The van der Waals surface area contributed by atoms with Crippen LogP contribution < -0.4 is 10.6 Å². The normalized spacial score (nSPS) is 26.6. The Morgan fingerprint density at radius 3 is 2.42 bits per heavy atom. The maximum Gasteiger partial charge on any atom is 0.326 e. The zero-order chi connectivity index (χ0) is 13.7. The van der Waals surface area contributed by atoms with Gasteiger partial charge in [0.2, 0.25) is 5.91 Å². The number of aliphatic carboxylic acids is 1. The average Bonchev–Trinajstić information content (AvgIpc) is 2.46. The minimum atomic E-state index is -0.885. The van der Waals surface area contributed by atoms with E-state index in [-0.39, 0.29) is 17.7 Å². The van der Waals surface area contributed by atoms with Gasteiger partial charge in [0, 0.05) is 6.54 Å². The quantitative estimate of drug-likeness (QED) is 0.714. The summed E-state index contributed by atoms with van der Waals surface area (Å²) < 4.78 is 0. The van der Waals surface area contributed by atoms with Crippen molar-refractivity contribution in [3.05, 3.63) is 0 Å². The van der Waals surface area contributed by atoms with E-state index >= 15 is 0 Å². The first kappa shape index (κ1) is 14.3. The Kier molecular flexibility index (Phi) is 5.19. The Morgan fingerprint density at radius 2 is 1.84 bits per heavy atom. The van der Waals surface area contributed by atoms with Crippen molar-refractivity contribution in [3.8, 4) is 0 Å². The van der Waals surface area contributed by atoms with E-state index in [0.29, 0.717) is 6.54 Å². The van der Waals surface area contributed by atoms with Crippen LogP contribution in [0.3, 0.4) is 0 Å². The lowest BCUT2D eigenvalue weighted by Crippen LogP contribution is -2.50. The second kappa shape index (κ2) is 6.89. The molecule has 19 heavy (non-hydrogen) atoms. The highest BCUT2D eigenvalue weighted by Crippen LogP contribution is 2.27. The number of amides is 1. The Labute approximate surface area is 114 Å². The molecule has 0 radical (unpaired) electrons. The molecule has 1 amide bonds. The molecule has 1 saturated carbocycles. The predicted molar refractivity (Wildman–Crippen MR) is 71.7 cm³/mol. The fourth-order valence-corrected chi connectivity index (χ4v) is 3.20. The van der Waals surface area contributed by atoms with Crippen molar-refractivity contribution < 1.29 is 14.7 Å². The maximum absolute atomic E-state index is 12.1. The van der Waals surface area contributed by atoms with E-state index in [1.165, 1.54) is 6.42 Å². The minimum absolute atomic E-state index is 0.0702. The number of piperidine rings is 1. The van der Waals surface area contributed by atoms with Crippen LogP contribution in [0.4, 0.5) is 0 Å². The van der Waals surface area contributed by atoms with Crippen LogP contribution in [-0.2, 0) is 9.59 Å². The highest BCUT2D eigenvalue weighted by Gasteiger charge is 2.32. The summed E-state index contributed by atoms with van der Waals surface area (Å²) in [6.07, 6.45) is 7.02.